The van der Waals surface area contributed by atoms with Gasteiger partial charge in [-0.3, -0.25) is 0 Å². The smallest absolute Gasteiger partial charge is 0.247 e. The van der Waals surface area contributed by atoms with Crippen LogP contribution in [0.4, 0.5) is 5.69 Å². The van der Waals surface area contributed by atoms with Crippen molar-refractivity contribution < 1.29 is 4.74 Å². The average molecular weight is 450 g/mol. The van der Waals surface area contributed by atoms with E-state index < -0.39 is 6.23 Å². The summed E-state index contributed by atoms with van der Waals surface area (Å²) in [5, 5.41) is 13.3. The molecular weight excluding hydrogens is 436 g/mol. The fourth-order valence-electron chi connectivity index (χ4n) is 2.68. The molecule has 0 saturated carbocycles. The number of fused-ring (bicyclic) bond motifs is 3. The number of thioether (sulfide) groups is 1. The Labute approximate surface area is 168 Å². The van der Waals surface area contributed by atoms with E-state index in [1.54, 1.807) is 0 Å². The highest BCUT2D eigenvalue weighted by Gasteiger charge is 2.26. The second-order valence-electron chi connectivity index (χ2n) is 5.57. The lowest BCUT2D eigenvalue weighted by atomic mass is 10.1. The number of benzene rings is 2. The first kappa shape index (κ1) is 17.6. The van der Waals surface area contributed by atoms with Crippen LogP contribution in [-0.4, -0.2) is 20.9 Å². The molecule has 4 rings (SSSR count). The molecule has 2 heterocycles. The standard InChI is InChI=1S/C18H14BrClN4OS/c1-2-26-18-22-17-15(23-24-18)13-9-11(19)6-7-14(13)21-16(25-17)10-4-3-5-12(20)8-10/h3-9,16,21H,2H2,1H3/t16-/m1/s1. The van der Waals surface area contributed by atoms with Crippen molar-refractivity contribution in [2.45, 2.75) is 18.3 Å². The predicted molar refractivity (Wildman–Crippen MR) is 108 cm³/mol. The van der Waals surface area contributed by atoms with Crippen molar-refractivity contribution in [1.29, 1.82) is 0 Å². The molecular formula is C18H14BrClN4OS. The fraction of sp³-hybridized carbons (Fsp3) is 0.167. The van der Waals surface area contributed by atoms with Gasteiger partial charge >= 0.3 is 0 Å². The number of nitrogens with one attached hydrogen (secondary N) is 1. The zero-order valence-corrected chi connectivity index (χ0v) is 16.9. The van der Waals surface area contributed by atoms with E-state index in [4.69, 9.17) is 16.3 Å². The van der Waals surface area contributed by atoms with Gasteiger partial charge in [0.15, 0.2) is 11.9 Å². The number of aromatic nitrogens is 3. The Hall–Kier alpha value is -1.83. The lowest BCUT2D eigenvalue weighted by Gasteiger charge is -2.19. The number of hydrogen-bond acceptors (Lipinski definition) is 6. The van der Waals surface area contributed by atoms with Crippen molar-refractivity contribution in [3.8, 4) is 17.1 Å². The van der Waals surface area contributed by atoms with Gasteiger partial charge in [-0.05, 0) is 36.1 Å². The van der Waals surface area contributed by atoms with Crippen LogP contribution in [-0.2, 0) is 0 Å². The predicted octanol–water partition coefficient (Wildman–Crippen LogP) is 5.57. The van der Waals surface area contributed by atoms with Crippen LogP contribution in [0.15, 0.2) is 52.1 Å². The molecule has 1 aromatic heterocycles. The number of rotatable bonds is 3. The molecule has 1 aliphatic rings. The van der Waals surface area contributed by atoms with Gasteiger partial charge in [-0.2, -0.15) is 4.98 Å². The largest absolute Gasteiger partial charge is 0.448 e. The normalized spacial score (nSPS) is 15.3. The van der Waals surface area contributed by atoms with E-state index in [0.29, 0.717) is 21.8 Å². The minimum absolute atomic E-state index is 0.439. The van der Waals surface area contributed by atoms with Gasteiger partial charge in [-0.1, -0.05) is 58.3 Å². The molecule has 0 spiro atoms. The van der Waals surface area contributed by atoms with E-state index in [0.717, 1.165) is 27.0 Å². The lowest BCUT2D eigenvalue weighted by molar-refractivity contribution is 0.225. The molecule has 0 fully saturated rings. The summed E-state index contributed by atoms with van der Waals surface area (Å²) in [5.41, 5.74) is 3.29. The third-order valence-electron chi connectivity index (χ3n) is 3.81. The summed E-state index contributed by atoms with van der Waals surface area (Å²) in [4.78, 5) is 4.57. The quantitative estimate of drug-likeness (QED) is 0.528. The average Bonchev–Trinajstić information content (AvgIpc) is 2.78. The van der Waals surface area contributed by atoms with Crippen LogP contribution < -0.4 is 10.1 Å². The summed E-state index contributed by atoms with van der Waals surface area (Å²) in [6.45, 7) is 2.04. The maximum absolute atomic E-state index is 6.20. The highest BCUT2D eigenvalue weighted by atomic mass is 79.9. The first-order chi connectivity index (χ1) is 12.6. The maximum Gasteiger partial charge on any atom is 0.247 e. The molecule has 0 aliphatic carbocycles. The van der Waals surface area contributed by atoms with Crippen molar-refractivity contribution >= 4 is 45.0 Å². The Morgan fingerprint density at radius 1 is 1.23 bits per heavy atom. The van der Waals surface area contributed by atoms with Crippen molar-refractivity contribution in [3.05, 3.63) is 57.5 Å². The van der Waals surface area contributed by atoms with Gasteiger partial charge in [0.1, 0.15) is 0 Å². The molecule has 2 aromatic carbocycles. The van der Waals surface area contributed by atoms with Gasteiger partial charge in [0.2, 0.25) is 11.0 Å². The zero-order valence-electron chi connectivity index (χ0n) is 13.7. The molecule has 1 N–H and O–H groups in total. The van der Waals surface area contributed by atoms with Crippen molar-refractivity contribution in [1.82, 2.24) is 15.2 Å². The van der Waals surface area contributed by atoms with Crippen LogP contribution >= 0.6 is 39.3 Å². The molecule has 3 aromatic rings. The van der Waals surface area contributed by atoms with E-state index in [-0.39, 0.29) is 0 Å². The summed E-state index contributed by atoms with van der Waals surface area (Å²) in [5.74, 6) is 1.31. The van der Waals surface area contributed by atoms with Crippen molar-refractivity contribution in [2.24, 2.45) is 0 Å². The monoisotopic (exact) mass is 448 g/mol. The van der Waals surface area contributed by atoms with Crippen molar-refractivity contribution in [3.63, 3.8) is 0 Å². The van der Waals surface area contributed by atoms with E-state index in [9.17, 15) is 0 Å². The molecule has 0 radical (unpaired) electrons. The molecule has 0 saturated heterocycles. The van der Waals surface area contributed by atoms with Crippen LogP contribution in [0.25, 0.3) is 11.3 Å². The topological polar surface area (TPSA) is 59.9 Å². The summed E-state index contributed by atoms with van der Waals surface area (Å²) >= 11 is 11.2. The van der Waals surface area contributed by atoms with E-state index in [1.807, 2.05) is 49.4 Å². The van der Waals surface area contributed by atoms with Gasteiger partial charge < -0.3 is 10.1 Å². The SMILES string of the molecule is CCSc1nnc2c(n1)O[C@H](c1cccc(Cl)c1)Nc1ccc(Br)cc1-2. The Morgan fingerprint density at radius 3 is 2.92 bits per heavy atom. The van der Waals surface area contributed by atoms with Gasteiger partial charge in [0.05, 0.1) is 0 Å². The Balaban J connectivity index is 1.86. The van der Waals surface area contributed by atoms with E-state index in [2.05, 4.69) is 36.4 Å². The molecule has 132 valence electrons. The number of ether oxygens (including phenoxy) is 1. The maximum atomic E-state index is 6.20. The lowest BCUT2D eigenvalue weighted by Crippen LogP contribution is -2.17. The van der Waals surface area contributed by atoms with E-state index in [1.165, 1.54) is 11.8 Å². The molecule has 1 atom stereocenters. The molecule has 0 unspecified atom stereocenters. The Bertz CT molecular complexity index is 972. The summed E-state index contributed by atoms with van der Waals surface area (Å²) in [7, 11) is 0. The summed E-state index contributed by atoms with van der Waals surface area (Å²) < 4.78 is 7.14. The molecule has 0 bridgehead atoms. The highest BCUT2D eigenvalue weighted by Crippen LogP contribution is 2.40. The summed E-state index contributed by atoms with van der Waals surface area (Å²) in [6.07, 6.45) is -0.439. The molecule has 26 heavy (non-hydrogen) atoms. The second kappa shape index (κ2) is 7.42. The first-order valence-corrected chi connectivity index (χ1v) is 10.2. The first-order valence-electron chi connectivity index (χ1n) is 8.00. The van der Waals surface area contributed by atoms with Crippen LogP contribution in [0, 0.1) is 0 Å². The Morgan fingerprint density at radius 2 is 2.12 bits per heavy atom. The third kappa shape index (κ3) is 3.51. The van der Waals surface area contributed by atoms with Gasteiger partial charge in [-0.25, -0.2) is 0 Å². The number of anilines is 1. The molecule has 8 heteroatoms. The van der Waals surface area contributed by atoms with Crippen LogP contribution in [0.5, 0.6) is 5.88 Å². The summed E-state index contributed by atoms with van der Waals surface area (Å²) in [6, 6.07) is 13.5. The molecule has 5 nitrogen and oxygen atoms in total. The van der Waals surface area contributed by atoms with Gasteiger partial charge in [0, 0.05) is 26.3 Å². The van der Waals surface area contributed by atoms with Gasteiger partial charge in [0.25, 0.3) is 0 Å². The second-order valence-corrected chi connectivity index (χ2v) is 8.15. The molecule has 1 aliphatic heterocycles. The third-order valence-corrected chi connectivity index (χ3v) is 5.26. The Kier molecular flexibility index (Phi) is 5.02. The van der Waals surface area contributed by atoms with E-state index >= 15 is 0 Å². The van der Waals surface area contributed by atoms with Gasteiger partial charge in [-0.15, -0.1) is 10.2 Å². The zero-order chi connectivity index (χ0) is 18.1. The minimum atomic E-state index is -0.439. The fourth-order valence-corrected chi connectivity index (χ4v) is 3.74. The van der Waals surface area contributed by atoms with Crippen LogP contribution in [0.2, 0.25) is 5.02 Å². The number of nitrogens with zero attached hydrogens (tertiary/aromatic N) is 3. The molecule has 0 amide bonds. The van der Waals surface area contributed by atoms with Crippen molar-refractivity contribution in [2.75, 3.05) is 11.1 Å². The number of halogens is 2. The number of hydrogen-bond donors (Lipinski definition) is 1. The van der Waals surface area contributed by atoms with Crippen LogP contribution in [0.1, 0.15) is 18.7 Å². The minimum Gasteiger partial charge on any atom is -0.448 e. The van der Waals surface area contributed by atoms with Crippen LogP contribution in [0.3, 0.4) is 0 Å². The highest BCUT2D eigenvalue weighted by molar-refractivity contribution is 9.10.